The number of carboxylic acid groups (broad SMARTS) is 1. The Kier molecular flexibility index (Phi) is 23.3. The van der Waals surface area contributed by atoms with Crippen LogP contribution in [0.3, 0.4) is 0 Å². The molecule has 0 aromatic carbocycles. The Morgan fingerprint density at radius 2 is 1.10 bits per heavy atom. The molecule has 5 N–H and O–H groups in total. The maximum Gasteiger partial charge on any atom is 0.320 e. The van der Waals surface area contributed by atoms with Crippen molar-refractivity contribution in [3.63, 3.8) is 0 Å². The number of esters is 2. The zero-order valence-electron chi connectivity index (χ0n) is 44.4. The lowest BCUT2D eigenvalue weighted by Gasteiger charge is -2.39. The van der Waals surface area contributed by atoms with Gasteiger partial charge in [0.1, 0.15) is 11.6 Å². The van der Waals surface area contributed by atoms with Crippen LogP contribution in [0.25, 0.3) is 0 Å². The monoisotopic (exact) mass is 977 g/mol. The maximum absolute atomic E-state index is 14.6. The summed E-state index contributed by atoms with van der Waals surface area (Å²) in [6.07, 6.45) is 4.95. The molecule has 0 aromatic rings. The highest BCUT2D eigenvalue weighted by molar-refractivity contribution is 5.99. The highest BCUT2D eigenvalue weighted by atomic mass is 16.6. The second-order valence-corrected chi connectivity index (χ2v) is 21.8. The van der Waals surface area contributed by atoms with E-state index in [2.05, 4.69) is 21.3 Å². The van der Waals surface area contributed by atoms with E-state index in [1.165, 1.54) is 13.8 Å². The van der Waals surface area contributed by atoms with E-state index in [1.807, 2.05) is 6.92 Å². The zero-order chi connectivity index (χ0) is 52.7. The van der Waals surface area contributed by atoms with Crippen LogP contribution in [0.4, 0.5) is 0 Å². The third kappa shape index (κ3) is 18.5. The number of carboxylic acids is 1. The summed E-state index contributed by atoms with van der Waals surface area (Å²) in [6, 6.07) is -4.48. The number of unbranched alkanes of at least 4 members (excludes halogenated alkanes) is 2. The molecule has 18 nitrogen and oxygen atoms in total. The molecule has 0 spiro atoms. The number of hydrogen-bond acceptors (Lipinski definition) is 15. The summed E-state index contributed by atoms with van der Waals surface area (Å²) in [5, 5.41) is 23.2. The molecule has 2 rings (SSSR count). The van der Waals surface area contributed by atoms with E-state index in [0.29, 0.717) is 64.6 Å². The molecule has 2 aliphatic rings. The van der Waals surface area contributed by atoms with Gasteiger partial charge in [0, 0.05) is 39.8 Å². The number of aliphatic carboxylic acids is 1. The third-order valence-corrected chi connectivity index (χ3v) is 13.5. The van der Waals surface area contributed by atoms with Crippen LogP contribution in [0.5, 0.6) is 0 Å². The minimum absolute atomic E-state index is 0.0348. The first kappa shape index (κ1) is 61.0. The minimum Gasteiger partial charge on any atom is -0.480 e. The number of rotatable bonds is 31. The summed E-state index contributed by atoms with van der Waals surface area (Å²) in [5.41, 5.74) is -5.88. The fraction of sp³-hybridized carbons (Fsp3) is 0.824. The van der Waals surface area contributed by atoms with Crippen LogP contribution in [0.15, 0.2) is 0 Å². The van der Waals surface area contributed by atoms with Gasteiger partial charge in [0.25, 0.3) is 0 Å². The lowest BCUT2D eigenvalue weighted by atomic mass is 9.83. The lowest BCUT2D eigenvalue weighted by Crippen LogP contribution is -2.65. The van der Waals surface area contributed by atoms with Crippen molar-refractivity contribution in [2.75, 3.05) is 26.2 Å². The molecule has 6 unspecified atom stereocenters. The van der Waals surface area contributed by atoms with Crippen molar-refractivity contribution >= 4 is 52.9 Å². The standard InChI is InChI=1S/C51H88N6O12/c1-15-17-32-68-40(60)27-25-35(53-50(12,13)44(64)38-23-20-30-56(38)33(3)58)42(62)48(8,9)52-29-19-18-22-37(46(66)67)54-49(10,11)43(63)36(26-28-41(61)69-47(5,6)7)55-51(14,16-2)45(65)39-24-21-31-57(39)34(4)59/h35-39,52-55H,15-32H2,1-14H3,(H,66,67). The van der Waals surface area contributed by atoms with Crippen molar-refractivity contribution in [3.8, 4) is 0 Å². The first-order chi connectivity index (χ1) is 31.8. The number of likely N-dealkylation sites (tertiary alicyclic amines) is 2. The van der Waals surface area contributed by atoms with Crippen LogP contribution >= 0.6 is 0 Å². The molecule has 0 radical (unpaired) electrons. The summed E-state index contributed by atoms with van der Waals surface area (Å²) >= 11 is 0. The van der Waals surface area contributed by atoms with Crippen molar-refractivity contribution in [2.45, 2.75) is 245 Å². The average molecular weight is 977 g/mol. The summed E-state index contributed by atoms with van der Waals surface area (Å²) in [6.45, 7) is 24.9. The van der Waals surface area contributed by atoms with Gasteiger partial charge in [0.05, 0.1) is 52.9 Å². The van der Waals surface area contributed by atoms with Crippen molar-refractivity contribution in [1.82, 2.24) is 31.1 Å². The molecule has 0 aliphatic carbocycles. The Morgan fingerprint density at radius 1 is 0.609 bits per heavy atom. The number of Topliss-reactive ketones (excluding diaryl/α,β-unsaturated/α-hetero) is 4. The minimum atomic E-state index is -1.46. The Bertz CT molecular complexity index is 1830. The molecule has 2 fully saturated rings. The van der Waals surface area contributed by atoms with Crippen molar-refractivity contribution in [3.05, 3.63) is 0 Å². The molecule has 0 aromatic heterocycles. The van der Waals surface area contributed by atoms with Gasteiger partial charge in [-0.25, -0.2) is 0 Å². The van der Waals surface area contributed by atoms with Crippen LogP contribution < -0.4 is 21.3 Å². The number of carbonyl (C=O) groups excluding carboxylic acids is 8. The molecule has 394 valence electrons. The number of ketones is 4. The van der Waals surface area contributed by atoms with E-state index < -0.39 is 81.7 Å². The average Bonchev–Trinajstić information content (AvgIpc) is 3.96. The normalized spacial score (nSPS) is 19.0. The molecule has 2 saturated heterocycles. The smallest absolute Gasteiger partial charge is 0.320 e. The number of nitrogens with one attached hydrogen (secondary N) is 4. The number of nitrogens with zero attached hydrogens (tertiary/aromatic N) is 2. The third-order valence-electron chi connectivity index (χ3n) is 13.5. The molecule has 2 amide bonds. The van der Waals surface area contributed by atoms with Gasteiger partial charge in [-0.3, -0.25) is 59.1 Å². The quantitative estimate of drug-likeness (QED) is 0.0465. The van der Waals surface area contributed by atoms with E-state index >= 15 is 0 Å². The SMILES string of the molecule is CCCCOC(=O)CCC(NC(C)(C)C(=O)C1CCCN1C(C)=O)C(=O)C(C)(C)NCCCCC(NC(C)(C)C(=O)C(CCC(=O)OC(C)(C)C)NC(C)(CC)C(=O)C1CCCN1C(C)=O)C(=O)O. The molecular formula is C51H88N6O12. The Morgan fingerprint density at radius 3 is 1.59 bits per heavy atom. The molecule has 18 heteroatoms. The molecule has 6 atom stereocenters. The van der Waals surface area contributed by atoms with Crippen LogP contribution in [-0.4, -0.2) is 152 Å². The fourth-order valence-corrected chi connectivity index (χ4v) is 9.31. The van der Waals surface area contributed by atoms with Gasteiger partial charge in [0.2, 0.25) is 11.8 Å². The lowest BCUT2D eigenvalue weighted by molar-refractivity contribution is -0.155. The molecule has 2 aliphatic heterocycles. The highest BCUT2D eigenvalue weighted by Gasteiger charge is 2.47. The molecular weight excluding hydrogens is 889 g/mol. The predicted octanol–water partition coefficient (Wildman–Crippen LogP) is 4.75. The predicted molar refractivity (Wildman–Crippen MR) is 262 cm³/mol. The second kappa shape index (κ2) is 26.4. The Hall–Kier alpha value is -4.13. The number of hydrogen-bond donors (Lipinski definition) is 5. The van der Waals surface area contributed by atoms with Crippen molar-refractivity contribution in [1.29, 1.82) is 0 Å². The van der Waals surface area contributed by atoms with E-state index in [9.17, 15) is 48.3 Å². The summed E-state index contributed by atoms with van der Waals surface area (Å²) < 4.78 is 10.9. The van der Waals surface area contributed by atoms with Crippen LogP contribution in [-0.2, 0) is 52.6 Å². The summed E-state index contributed by atoms with van der Waals surface area (Å²) in [5.74, 6) is -3.79. The number of amides is 2. The van der Waals surface area contributed by atoms with Gasteiger partial charge in [-0.05, 0) is 140 Å². The topological polar surface area (TPSA) is 247 Å². The number of carbonyl (C=O) groups is 9. The van der Waals surface area contributed by atoms with Gasteiger partial charge in [0.15, 0.2) is 23.1 Å². The number of ether oxygens (including phenoxy) is 2. The van der Waals surface area contributed by atoms with Crippen LogP contribution in [0, 0.1) is 0 Å². The van der Waals surface area contributed by atoms with Crippen molar-refractivity contribution in [2.24, 2.45) is 0 Å². The van der Waals surface area contributed by atoms with Crippen molar-refractivity contribution < 1.29 is 57.7 Å². The Balaban J connectivity index is 2.22. The van der Waals surface area contributed by atoms with Gasteiger partial charge < -0.3 is 29.7 Å². The molecule has 2 heterocycles. The van der Waals surface area contributed by atoms with Gasteiger partial charge in [-0.2, -0.15) is 0 Å². The molecule has 69 heavy (non-hydrogen) atoms. The first-order valence-corrected chi connectivity index (χ1v) is 25.2. The second-order valence-electron chi connectivity index (χ2n) is 21.8. The van der Waals surface area contributed by atoms with E-state index in [-0.39, 0.29) is 74.3 Å². The van der Waals surface area contributed by atoms with E-state index in [1.54, 1.807) is 86.0 Å². The first-order valence-electron chi connectivity index (χ1n) is 25.2. The Labute approximate surface area is 411 Å². The van der Waals surface area contributed by atoms with Gasteiger partial charge >= 0.3 is 17.9 Å². The van der Waals surface area contributed by atoms with Gasteiger partial charge in [-0.1, -0.05) is 26.7 Å². The summed E-state index contributed by atoms with van der Waals surface area (Å²) in [7, 11) is 0. The zero-order valence-corrected chi connectivity index (χ0v) is 44.4. The van der Waals surface area contributed by atoms with E-state index in [4.69, 9.17) is 9.47 Å². The fourth-order valence-electron chi connectivity index (χ4n) is 9.31. The van der Waals surface area contributed by atoms with Crippen LogP contribution in [0.1, 0.15) is 187 Å². The van der Waals surface area contributed by atoms with Gasteiger partial charge in [-0.15, -0.1) is 0 Å². The highest BCUT2D eigenvalue weighted by Crippen LogP contribution is 2.28. The largest absolute Gasteiger partial charge is 0.480 e. The molecule has 0 bridgehead atoms. The maximum atomic E-state index is 14.6. The molecule has 0 saturated carbocycles. The van der Waals surface area contributed by atoms with Crippen LogP contribution in [0.2, 0.25) is 0 Å². The van der Waals surface area contributed by atoms with E-state index in [0.717, 1.165) is 6.42 Å². The summed E-state index contributed by atoms with van der Waals surface area (Å²) in [4.78, 5) is 123.